The Labute approximate surface area is 93.5 Å². The maximum Gasteiger partial charge on any atom is 0.0693 e. The van der Waals surface area contributed by atoms with E-state index in [0.29, 0.717) is 6.04 Å². The van der Waals surface area contributed by atoms with Crippen molar-refractivity contribution < 1.29 is 5.11 Å². The molecule has 0 saturated heterocycles. The van der Waals surface area contributed by atoms with Crippen molar-refractivity contribution in [1.82, 2.24) is 5.32 Å². The van der Waals surface area contributed by atoms with Crippen LogP contribution in [0.5, 0.6) is 0 Å². The average molecular weight is 211 g/mol. The maximum atomic E-state index is 9.71. The number of rotatable bonds is 3. The summed E-state index contributed by atoms with van der Waals surface area (Å²) < 4.78 is 0. The third kappa shape index (κ3) is 3.18. The van der Waals surface area contributed by atoms with Crippen LogP contribution in [-0.4, -0.2) is 23.8 Å². The molecule has 0 aromatic carbocycles. The molecule has 88 valence electrons. The molecule has 2 unspecified atom stereocenters. The summed E-state index contributed by atoms with van der Waals surface area (Å²) in [5.41, 5.74) is 0. The van der Waals surface area contributed by atoms with Gasteiger partial charge in [0.2, 0.25) is 0 Å². The Hall–Kier alpha value is -0.0800. The highest BCUT2D eigenvalue weighted by molar-refractivity contribution is 4.84. The minimum Gasteiger partial charge on any atom is -0.392 e. The lowest BCUT2D eigenvalue weighted by molar-refractivity contribution is 0.143. The van der Waals surface area contributed by atoms with Crippen molar-refractivity contribution >= 4 is 0 Å². The van der Waals surface area contributed by atoms with Gasteiger partial charge >= 0.3 is 0 Å². The van der Waals surface area contributed by atoms with Gasteiger partial charge in [-0.05, 0) is 50.5 Å². The molecule has 0 aromatic rings. The van der Waals surface area contributed by atoms with E-state index < -0.39 is 0 Å². The van der Waals surface area contributed by atoms with Crippen molar-refractivity contribution in [2.24, 2.45) is 11.8 Å². The number of aliphatic hydroxyl groups excluding tert-OH is 1. The second-order valence-corrected chi connectivity index (χ2v) is 5.65. The zero-order valence-electron chi connectivity index (χ0n) is 9.91. The molecule has 4 atom stereocenters. The van der Waals surface area contributed by atoms with E-state index in [9.17, 15) is 5.11 Å². The summed E-state index contributed by atoms with van der Waals surface area (Å²) in [5.74, 6) is 1.78. The SMILES string of the molecule is CC1CCCC(CN[C@H]2CCC[C@@H]2O)C1. The Morgan fingerprint density at radius 1 is 1.13 bits per heavy atom. The van der Waals surface area contributed by atoms with Crippen LogP contribution in [0.1, 0.15) is 51.9 Å². The van der Waals surface area contributed by atoms with Crippen molar-refractivity contribution in [3.05, 3.63) is 0 Å². The zero-order chi connectivity index (χ0) is 10.7. The lowest BCUT2D eigenvalue weighted by Gasteiger charge is -2.28. The second-order valence-electron chi connectivity index (χ2n) is 5.65. The minimum atomic E-state index is -0.0778. The molecule has 0 radical (unpaired) electrons. The Morgan fingerprint density at radius 3 is 2.60 bits per heavy atom. The van der Waals surface area contributed by atoms with E-state index in [1.54, 1.807) is 0 Å². The predicted molar refractivity (Wildman–Crippen MR) is 62.8 cm³/mol. The van der Waals surface area contributed by atoms with Gasteiger partial charge in [-0.1, -0.05) is 19.8 Å². The van der Waals surface area contributed by atoms with Gasteiger partial charge in [-0.15, -0.1) is 0 Å². The van der Waals surface area contributed by atoms with Crippen LogP contribution >= 0.6 is 0 Å². The van der Waals surface area contributed by atoms with E-state index >= 15 is 0 Å². The highest BCUT2D eigenvalue weighted by Gasteiger charge is 2.26. The standard InChI is InChI=1S/C13H25NO/c1-10-4-2-5-11(8-10)9-14-12-6-3-7-13(12)15/h10-15H,2-9H2,1H3/t10?,11?,12-,13-/m0/s1. The summed E-state index contributed by atoms with van der Waals surface area (Å²) in [6, 6.07) is 0.391. The molecule has 15 heavy (non-hydrogen) atoms. The summed E-state index contributed by atoms with van der Waals surface area (Å²) in [6.07, 6.45) is 8.88. The molecular weight excluding hydrogens is 186 g/mol. The van der Waals surface area contributed by atoms with Crippen molar-refractivity contribution in [3.8, 4) is 0 Å². The normalized spacial score (nSPS) is 42.0. The van der Waals surface area contributed by atoms with E-state index in [1.165, 1.54) is 38.5 Å². The van der Waals surface area contributed by atoms with Gasteiger partial charge in [0.15, 0.2) is 0 Å². The largest absolute Gasteiger partial charge is 0.392 e. The molecule has 2 aliphatic carbocycles. The van der Waals surface area contributed by atoms with E-state index in [4.69, 9.17) is 0 Å². The van der Waals surface area contributed by atoms with Gasteiger partial charge in [-0.3, -0.25) is 0 Å². The highest BCUT2D eigenvalue weighted by atomic mass is 16.3. The first-order valence-corrected chi connectivity index (χ1v) is 6.67. The van der Waals surface area contributed by atoms with Crippen molar-refractivity contribution in [2.45, 2.75) is 64.0 Å². The molecular formula is C13H25NO. The molecule has 2 aliphatic rings. The van der Waals surface area contributed by atoms with Crippen LogP contribution in [0.2, 0.25) is 0 Å². The third-order valence-corrected chi connectivity index (χ3v) is 4.19. The Balaban J connectivity index is 1.68. The fraction of sp³-hybridized carbons (Fsp3) is 1.00. The van der Waals surface area contributed by atoms with E-state index in [2.05, 4.69) is 12.2 Å². The molecule has 2 rings (SSSR count). The molecule has 0 aromatic heterocycles. The fourth-order valence-corrected chi connectivity index (χ4v) is 3.24. The van der Waals surface area contributed by atoms with Crippen LogP contribution in [0.25, 0.3) is 0 Å². The number of nitrogens with one attached hydrogen (secondary N) is 1. The molecule has 0 bridgehead atoms. The summed E-state index contributed by atoms with van der Waals surface area (Å²) in [4.78, 5) is 0. The Morgan fingerprint density at radius 2 is 1.93 bits per heavy atom. The van der Waals surface area contributed by atoms with Crippen molar-refractivity contribution in [1.29, 1.82) is 0 Å². The van der Waals surface area contributed by atoms with Crippen LogP contribution < -0.4 is 5.32 Å². The number of hydrogen-bond donors (Lipinski definition) is 2. The summed E-state index contributed by atoms with van der Waals surface area (Å²) in [5, 5.41) is 13.3. The van der Waals surface area contributed by atoms with Crippen LogP contribution in [0.4, 0.5) is 0 Å². The molecule has 2 fully saturated rings. The average Bonchev–Trinajstić information content (AvgIpc) is 2.61. The minimum absolute atomic E-state index is 0.0778. The number of hydrogen-bond acceptors (Lipinski definition) is 2. The van der Waals surface area contributed by atoms with Crippen molar-refractivity contribution in [3.63, 3.8) is 0 Å². The Kier molecular flexibility index (Phi) is 4.04. The lowest BCUT2D eigenvalue weighted by atomic mass is 9.82. The smallest absolute Gasteiger partial charge is 0.0693 e. The lowest BCUT2D eigenvalue weighted by Crippen LogP contribution is -2.39. The van der Waals surface area contributed by atoms with Gasteiger partial charge in [0.1, 0.15) is 0 Å². The molecule has 2 saturated carbocycles. The van der Waals surface area contributed by atoms with Gasteiger partial charge in [0.05, 0.1) is 6.10 Å². The van der Waals surface area contributed by atoms with Crippen LogP contribution in [-0.2, 0) is 0 Å². The fourth-order valence-electron chi connectivity index (χ4n) is 3.24. The van der Waals surface area contributed by atoms with Crippen LogP contribution in [0.15, 0.2) is 0 Å². The summed E-state index contributed by atoms with van der Waals surface area (Å²) in [6.45, 7) is 3.50. The third-order valence-electron chi connectivity index (χ3n) is 4.19. The molecule has 0 amide bonds. The second kappa shape index (κ2) is 5.31. The van der Waals surface area contributed by atoms with Gasteiger partial charge in [0.25, 0.3) is 0 Å². The zero-order valence-corrected chi connectivity index (χ0v) is 9.91. The quantitative estimate of drug-likeness (QED) is 0.751. The number of aliphatic hydroxyl groups is 1. The molecule has 0 heterocycles. The van der Waals surface area contributed by atoms with E-state index in [-0.39, 0.29) is 6.10 Å². The Bertz CT molecular complexity index is 195. The summed E-state index contributed by atoms with van der Waals surface area (Å²) >= 11 is 0. The van der Waals surface area contributed by atoms with Gasteiger partial charge in [0, 0.05) is 6.04 Å². The first-order valence-electron chi connectivity index (χ1n) is 6.67. The summed E-state index contributed by atoms with van der Waals surface area (Å²) in [7, 11) is 0. The predicted octanol–water partition coefficient (Wildman–Crippen LogP) is 2.32. The van der Waals surface area contributed by atoms with E-state index in [1.807, 2.05) is 0 Å². The molecule has 2 heteroatoms. The van der Waals surface area contributed by atoms with Crippen LogP contribution in [0, 0.1) is 11.8 Å². The molecule has 0 spiro atoms. The monoisotopic (exact) mass is 211 g/mol. The van der Waals surface area contributed by atoms with Gasteiger partial charge < -0.3 is 10.4 Å². The van der Waals surface area contributed by atoms with Crippen LogP contribution in [0.3, 0.4) is 0 Å². The van der Waals surface area contributed by atoms with Gasteiger partial charge in [-0.25, -0.2) is 0 Å². The highest BCUT2D eigenvalue weighted by Crippen LogP contribution is 2.28. The molecule has 2 nitrogen and oxygen atoms in total. The maximum absolute atomic E-state index is 9.71. The van der Waals surface area contributed by atoms with Gasteiger partial charge in [-0.2, -0.15) is 0 Å². The topological polar surface area (TPSA) is 32.3 Å². The molecule has 2 N–H and O–H groups in total. The van der Waals surface area contributed by atoms with E-state index in [0.717, 1.165) is 24.8 Å². The first kappa shape index (κ1) is 11.4. The van der Waals surface area contributed by atoms with Crippen molar-refractivity contribution in [2.75, 3.05) is 6.54 Å². The first-order chi connectivity index (χ1) is 7.25. The molecule has 0 aliphatic heterocycles.